The summed E-state index contributed by atoms with van der Waals surface area (Å²) in [5, 5.41) is 17.8. The molecular formula is C13H13ClN2O4S. The van der Waals surface area contributed by atoms with E-state index in [0.717, 1.165) is 4.31 Å². The molecule has 0 bridgehead atoms. The van der Waals surface area contributed by atoms with Crippen molar-refractivity contribution in [2.24, 2.45) is 5.92 Å². The maximum absolute atomic E-state index is 12.6. The molecule has 6 nitrogen and oxygen atoms in total. The number of halogens is 1. The number of rotatable bonds is 3. The molecule has 112 valence electrons. The van der Waals surface area contributed by atoms with Crippen molar-refractivity contribution in [1.82, 2.24) is 4.31 Å². The van der Waals surface area contributed by atoms with Crippen LogP contribution in [0.4, 0.5) is 0 Å². The zero-order chi connectivity index (χ0) is 15.8. The van der Waals surface area contributed by atoms with Gasteiger partial charge in [0.25, 0.3) is 0 Å². The lowest BCUT2D eigenvalue weighted by molar-refractivity contribution is -0.142. The van der Waals surface area contributed by atoms with Gasteiger partial charge in [0.15, 0.2) is 0 Å². The molecule has 1 fully saturated rings. The first-order valence-electron chi connectivity index (χ1n) is 6.23. The summed E-state index contributed by atoms with van der Waals surface area (Å²) in [6, 6.07) is 5.16. The Hall–Kier alpha value is -1.62. The van der Waals surface area contributed by atoms with E-state index in [-0.39, 0.29) is 28.4 Å². The van der Waals surface area contributed by atoms with E-state index in [4.69, 9.17) is 22.0 Å². The fraction of sp³-hybridized carbons (Fsp3) is 0.385. The van der Waals surface area contributed by atoms with Gasteiger partial charge in [0.05, 0.1) is 22.6 Å². The summed E-state index contributed by atoms with van der Waals surface area (Å²) in [7, 11) is -3.88. The molecule has 0 amide bonds. The molecule has 1 aliphatic heterocycles. The standard InChI is InChI=1S/C13H13ClN2O4S/c1-8-10(13(17)18)4-5-16(8)21(19,20)12-3-2-9(7-15)6-11(12)14/h2-3,6,8,10H,4-5H2,1H3,(H,17,18). The van der Waals surface area contributed by atoms with Gasteiger partial charge in [0.2, 0.25) is 10.0 Å². The van der Waals surface area contributed by atoms with Crippen molar-refractivity contribution in [3.8, 4) is 6.07 Å². The Kier molecular flexibility index (Phi) is 4.23. The Bertz CT molecular complexity index is 726. The Morgan fingerprint density at radius 3 is 2.67 bits per heavy atom. The van der Waals surface area contributed by atoms with Gasteiger partial charge in [-0.2, -0.15) is 9.57 Å². The van der Waals surface area contributed by atoms with Crippen molar-refractivity contribution in [1.29, 1.82) is 5.26 Å². The van der Waals surface area contributed by atoms with Crippen LogP contribution in [0.25, 0.3) is 0 Å². The second-order valence-electron chi connectivity index (χ2n) is 4.85. The van der Waals surface area contributed by atoms with Gasteiger partial charge in [-0.3, -0.25) is 4.79 Å². The normalized spacial score (nSPS) is 22.9. The predicted molar refractivity (Wildman–Crippen MR) is 75.3 cm³/mol. The lowest BCUT2D eigenvalue weighted by Crippen LogP contribution is -2.37. The average Bonchev–Trinajstić information content (AvgIpc) is 2.80. The summed E-state index contributed by atoms with van der Waals surface area (Å²) < 4.78 is 26.4. The van der Waals surface area contributed by atoms with E-state index in [1.165, 1.54) is 18.2 Å². The van der Waals surface area contributed by atoms with Crippen LogP contribution in [0.1, 0.15) is 18.9 Å². The first kappa shape index (κ1) is 15.8. The first-order valence-corrected chi connectivity index (χ1v) is 8.05. The lowest BCUT2D eigenvalue weighted by atomic mass is 10.0. The molecule has 2 unspecified atom stereocenters. The molecule has 0 radical (unpaired) electrons. The van der Waals surface area contributed by atoms with Crippen LogP contribution in [0.5, 0.6) is 0 Å². The third-order valence-corrected chi connectivity index (χ3v) is 6.13. The molecule has 0 aromatic heterocycles. The van der Waals surface area contributed by atoms with E-state index >= 15 is 0 Å². The molecule has 2 rings (SSSR count). The second-order valence-corrected chi connectivity index (χ2v) is 7.11. The number of carbonyl (C=O) groups is 1. The number of carboxylic acids is 1. The summed E-state index contributed by atoms with van der Waals surface area (Å²) in [6.45, 7) is 1.71. The number of aliphatic carboxylic acids is 1. The number of benzene rings is 1. The summed E-state index contributed by atoms with van der Waals surface area (Å²) in [5.74, 6) is -1.73. The maximum atomic E-state index is 12.6. The molecule has 1 N–H and O–H groups in total. The number of nitrogens with zero attached hydrogens (tertiary/aromatic N) is 2. The zero-order valence-corrected chi connectivity index (χ0v) is 12.7. The minimum Gasteiger partial charge on any atom is -0.481 e. The van der Waals surface area contributed by atoms with Crippen LogP contribution >= 0.6 is 11.6 Å². The number of carboxylic acid groups (broad SMARTS) is 1. The summed E-state index contributed by atoms with van der Waals surface area (Å²) in [4.78, 5) is 11.0. The van der Waals surface area contributed by atoms with Crippen molar-refractivity contribution in [3.05, 3.63) is 28.8 Å². The molecule has 1 aromatic carbocycles. The maximum Gasteiger partial charge on any atom is 0.308 e. The largest absolute Gasteiger partial charge is 0.481 e. The monoisotopic (exact) mass is 328 g/mol. The van der Waals surface area contributed by atoms with Crippen molar-refractivity contribution >= 4 is 27.6 Å². The van der Waals surface area contributed by atoms with Crippen LogP contribution in [0.3, 0.4) is 0 Å². The van der Waals surface area contributed by atoms with Crippen LogP contribution < -0.4 is 0 Å². The van der Waals surface area contributed by atoms with E-state index < -0.39 is 28.0 Å². The molecule has 2 atom stereocenters. The number of sulfonamides is 1. The van der Waals surface area contributed by atoms with Gasteiger partial charge in [-0.15, -0.1) is 0 Å². The van der Waals surface area contributed by atoms with E-state index in [1.54, 1.807) is 6.92 Å². The molecule has 0 saturated carbocycles. The molecule has 1 saturated heterocycles. The predicted octanol–water partition coefficient (Wildman–Crippen LogP) is 1.70. The average molecular weight is 329 g/mol. The lowest BCUT2D eigenvalue weighted by Gasteiger charge is -2.23. The topological polar surface area (TPSA) is 98.5 Å². The Balaban J connectivity index is 2.40. The quantitative estimate of drug-likeness (QED) is 0.910. The summed E-state index contributed by atoms with van der Waals surface area (Å²) in [5.41, 5.74) is 0.261. The fourth-order valence-corrected chi connectivity index (χ4v) is 4.69. The third-order valence-electron chi connectivity index (χ3n) is 3.66. The minimum atomic E-state index is -3.88. The highest BCUT2D eigenvalue weighted by Crippen LogP contribution is 2.33. The van der Waals surface area contributed by atoms with Crippen molar-refractivity contribution < 1.29 is 18.3 Å². The Morgan fingerprint density at radius 1 is 1.52 bits per heavy atom. The molecule has 1 aliphatic rings. The molecule has 21 heavy (non-hydrogen) atoms. The SMILES string of the molecule is CC1C(C(=O)O)CCN1S(=O)(=O)c1ccc(C#N)cc1Cl. The van der Waals surface area contributed by atoms with Gasteiger partial charge in [-0.05, 0) is 31.5 Å². The highest BCUT2D eigenvalue weighted by atomic mass is 35.5. The summed E-state index contributed by atoms with van der Waals surface area (Å²) >= 11 is 5.94. The molecular weight excluding hydrogens is 316 g/mol. The highest BCUT2D eigenvalue weighted by Gasteiger charge is 2.42. The van der Waals surface area contributed by atoms with E-state index in [2.05, 4.69) is 0 Å². The zero-order valence-electron chi connectivity index (χ0n) is 11.2. The molecule has 1 heterocycles. The van der Waals surface area contributed by atoms with Gasteiger partial charge in [-0.1, -0.05) is 11.6 Å². The van der Waals surface area contributed by atoms with Gasteiger partial charge >= 0.3 is 5.97 Å². The molecule has 0 spiro atoms. The Morgan fingerprint density at radius 2 is 2.19 bits per heavy atom. The van der Waals surface area contributed by atoms with Gasteiger partial charge in [0.1, 0.15) is 4.90 Å². The highest BCUT2D eigenvalue weighted by molar-refractivity contribution is 7.89. The van der Waals surface area contributed by atoms with Crippen LogP contribution in [-0.4, -0.2) is 36.4 Å². The van der Waals surface area contributed by atoms with E-state index in [9.17, 15) is 13.2 Å². The summed E-state index contributed by atoms with van der Waals surface area (Å²) in [6.07, 6.45) is 0.267. The number of hydrogen-bond acceptors (Lipinski definition) is 4. The number of nitriles is 1. The van der Waals surface area contributed by atoms with Crippen LogP contribution in [0.15, 0.2) is 23.1 Å². The fourth-order valence-electron chi connectivity index (χ4n) is 2.49. The smallest absolute Gasteiger partial charge is 0.308 e. The van der Waals surface area contributed by atoms with Gasteiger partial charge < -0.3 is 5.11 Å². The molecule has 0 aliphatic carbocycles. The van der Waals surface area contributed by atoms with Crippen LogP contribution in [0.2, 0.25) is 5.02 Å². The van der Waals surface area contributed by atoms with Crippen molar-refractivity contribution in [2.75, 3.05) is 6.54 Å². The second kappa shape index (κ2) is 5.64. The van der Waals surface area contributed by atoms with Crippen LogP contribution in [0, 0.1) is 17.2 Å². The van der Waals surface area contributed by atoms with Crippen molar-refractivity contribution in [3.63, 3.8) is 0 Å². The molecule has 8 heteroatoms. The van der Waals surface area contributed by atoms with Gasteiger partial charge in [0, 0.05) is 12.6 Å². The number of hydrogen-bond donors (Lipinski definition) is 1. The van der Waals surface area contributed by atoms with Crippen LogP contribution in [-0.2, 0) is 14.8 Å². The third kappa shape index (κ3) is 2.75. The first-order chi connectivity index (χ1) is 9.78. The van der Waals surface area contributed by atoms with E-state index in [1.807, 2.05) is 6.07 Å². The van der Waals surface area contributed by atoms with E-state index in [0.29, 0.717) is 0 Å². The van der Waals surface area contributed by atoms with Gasteiger partial charge in [-0.25, -0.2) is 8.42 Å². The Labute approximate surface area is 127 Å². The van der Waals surface area contributed by atoms with Crippen molar-refractivity contribution in [2.45, 2.75) is 24.3 Å². The minimum absolute atomic E-state index is 0.0416. The molecule has 1 aromatic rings.